The first-order valence-electron chi connectivity index (χ1n) is 3.78. The number of aliphatic hydroxyl groups is 1. The summed E-state index contributed by atoms with van der Waals surface area (Å²) < 4.78 is 0. The molecular formula is C7H11NO3. The van der Waals surface area contributed by atoms with E-state index in [1.54, 1.807) is 0 Å². The van der Waals surface area contributed by atoms with Crippen molar-refractivity contribution in [2.75, 3.05) is 6.61 Å². The monoisotopic (exact) mass is 157 g/mol. The molecule has 3 N–H and O–H groups in total. The van der Waals surface area contributed by atoms with Crippen LogP contribution in [0.3, 0.4) is 0 Å². The molecule has 1 aliphatic heterocycles. The zero-order chi connectivity index (χ0) is 8.06. The Morgan fingerprint density at radius 2 is 2.36 bits per heavy atom. The van der Waals surface area contributed by atoms with Gasteiger partial charge in [0.1, 0.15) is 6.04 Å². The minimum absolute atomic E-state index is 0.0803. The van der Waals surface area contributed by atoms with E-state index in [1.165, 1.54) is 0 Å². The second-order valence-electron chi connectivity index (χ2n) is 3.54. The average Bonchev–Trinajstić information content (AvgIpc) is 2.55. The largest absolute Gasteiger partial charge is 0.480 e. The maximum atomic E-state index is 10.5. The van der Waals surface area contributed by atoms with Gasteiger partial charge in [0.05, 0.1) is 6.61 Å². The maximum Gasteiger partial charge on any atom is 0.320 e. The summed E-state index contributed by atoms with van der Waals surface area (Å²) in [4.78, 5) is 10.5. The molecule has 2 aliphatic rings. The smallest absolute Gasteiger partial charge is 0.320 e. The topological polar surface area (TPSA) is 69.6 Å². The molecular weight excluding hydrogens is 146 g/mol. The van der Waals surface area contributed by atoms with Gasteiger partial charge in [-0.3, -0.25) is 4.79 Å². The van der Waals surface area contributed by atoms with Crippen LogP contribution < -0.4 is 5.32 Å². The minimum atomic E-state index is -0.801. The van der Waals surface area contributed by atoms with E-state index in [0.29, 0.717) is 6.42 Å². The van der Waals surface area contributed by atoms with Crippen molar-refractivity contribution in [3.05, 3.63) is 0 Å². The quantitative estimate of drug-likeness (QED) is 0.490. The first kappa shape index (κ1) is 7.06. The predicted molar refractivity (Wildman–Crippen MR) is 37.1 cm³/mol. The lowest BCUT2D eigenvalue weighted by Crippen LogP contribution is -2.33. The van der Waals surface area contributed by atoms with Crippen molar-refractivity contribution >= 4 is 5.97 Å². The van der Waals surface area contributed by atoms with E-state index in [9.17, 15) is 4.79 Å². The number of nitrogens with one attached hydrogen (secondary N) is 1. The lowest BCUT2D eigenvalue weighted by molar-refractivity contribution is -0.139. The highest BCUT2D eigenvalue weighted by molar-refractivity contribution is 5.74. The Morgan fingerprint density at radius 1 is 1.64 bits per heavy atom. The van der Waals surface area contributed by atoms with Gasteiger partial charge in [-0.15, -0.1) is 0 Å². The highest BCUT2D eigenvalue weighted by atomic mass is 16.4. The van der Waals surface area contributed by atoms with Crippen molar-refractivity contribution in [2.45, 2.75) is 24.9 Å². The molecule has 4 heteroatoms. The maximum absolute atomic E-state index is 10.5. The molecule has 3 atom stereocenters. The van der Waals surface area contributed by atoms with E-state index in [4.69, 9.17) is 10.2 Å². The van der Waals surface area contributed by atoms with Gasteiger partial charge in [-0.25, -0.2) is 0 Å². The van der Waals surface area contributed by atoms with Crippen molar-refractivity contribution in [3.63, 3.8) is 0 Å². The Morgan fingerprint density at radius 3 is 2.73 bits per heavy atom. The first-order chi connectivity index (χ1) is 5.18. The van der Waals surface area contributed by atoms with E-state index in [1.807, 2.05) is 0 Å². The van der Waals surface area contributed by atoms with Gasteiger partial charge in [-0.2, -0.15) is 0 Å². The number of carboxylic acids is 1. The molecule has 0 unspecified atom stereocenters. The molecule has 62 valence electrons. The molecule has 4 nitrogen and oxygen atoms in total. The van der Waals surface area contributed by atoms with Crippen molar-refractivity contribution in [1.29, 1.82) is 0 Å². The summed E-state index contributed by atoms with van der Waals surface area (Å²) in [6.45, 7) is 0.119. The lowest BCUT2D eigenvalue weighted by atomic mass is 10.0. The molecule has 11 heavy (non-hydrogen) atoms. The Hall–Kier alpha value is -0.610. The standard InChI is InChI=1S/C7H11NO3/c9-3-7-1-4(6(10)11)8-5(7)2-7/h4-5,8-9H,1-3H2,(H,10,11)/t4-,5-,7+/m0/s1. The van der Waals surface area contributed by atoms with Crippen LogP contribution in [0.15, 0.2) is 0 Å². The highest BCUT2D eigenvalue weighted by Gasteiger charge is 2.61. The predicted octanol–water partition coefficient (Wildman–Crippen LogP) is -0.816. The van der Waals surface area contributed by atoms with Crippen LogP contribution in [-0.2, 0) is 4.79 Å². The number of aliphatic carboxylic acids is 1. The Labute approximate surface area is 64.2 Å². The number of carboxylic acid groups (broad SMARTS) is 1. The molecule has 0 aromatic carbocycles. The van der Waals surface area contributed by atoms with Crippen molar-refractivity contribution in [3.8, 4) is 0 Å². The SMILES string of the molecule is O=C(O)[C@@H]1C[C@]2(CO)C[C@@H]2N1. The van der Waals surface area contributed by atoms with Gasteiger partial charge in [0, 0.05) is 11.5 Å². The summed E-state index contributed by atoms with van der Waals surface area (Å²) in [6, 6.07) is -0.172. The molecule has 1 saturated carbocycles. The number of hydrogen-bond acceptors (Lipinski definition) is 3. The molecule has 0 amide bonds. The second kappa shape index (κ2) is 1.95. The number of piperidine rings is 1. The Balaban J connectivity index is 2.02. The van der Waals surface area contributed by atoms with Gasteiger partial charge in [-0.05, 0) is 12.8 Å². The van der Waals surface area contributed by atoms with Gasteiger partial charge >= 0.3 is 5.97 Å². The molecule has 0 aromatic rings. The van der Waals surface area contributed by atoms with Crippen LogP contribution in [0.25, 0.3) is 0 Å². The molecule has 1 aliphatic carbocycles. The average molecular weight is 157 g/mol. The van der Waals surface area contributed by atoms with Crippen molar-refractivity contribution in [2.24, 2.45) is 5.41 Å². The van der Waals surface area contributed by atoms with Crippen LogP contribution in [0.5, 0.6) is 0 Å². The molecule has 0 aromatic heterocycles. The minimum Gasteiger partial charge on any atom is -0.480 e. The summed E-state index contributed by atoms with van der Waals surface area (Å²) >= 11 is 0. The number of rotatable bonds is 2. The van der Waals surface area contributed by atoms with Crippen molar-refractivity contribution in [1.82, 2.24) is 5.32 Å². The first-order valence-corrected chi connectivity index (χ1v) is 3.78. The molecule has 2 rings (SSSR count). The van der Waals surface area contributed by atoms with Gasteiger partial charge < -0.3 is 15.5 Å². The molecule has 2 fully saturated rings. The van der Waals surface area contributed by atoms with E-state index >= 15 is 0 Å². The van der Waals surface area contributed by atoms with E-state index < -0.39 is 12.0 Å². The fourth-order valence-electron chi connectivity index (χ4n) is 1.92. The molecule has 0 radical (unpaired) electrons. The number of hydrogen-bond donors (Lipinski definition) is 3. The second-order valence-corrected chi connectivity index (χ2v) is 3.54. The third-order valence-electron chi connectivity index (χ3n) is 2.82. The lowest BCUT2D eigenvalue weighted by Gasteiger charge is -2.09. The van der Waals surface area contributed by atoms with E-state index in [-0.39, 0.29) is 18.1 Å². The molecule has 0 bridgehead atoms. The van der Waals surface area contributed by atoms with Crippen LogP contribution >= 0.6 is 0 Å². The van der Waals surface area contributed by atoms with Gasteiger partial charge in [0.15, 0.2) is 0 Å². The van der Waals surface area contributed by atoms with Gasteiger partial charge in [-0.1, -0.05) is 0 Å². The fraction of sp³-hybridized carbons (Fsp3) is 0.857. The molecule has 1 heterocycles. The van der Waals surface area contributed by atoms with Crippen molar-refractivity contribution < 1.29 is 15.0 Å². The normalized spacial score (nSPS) is 47.0. The van der Waals surface area contributed by atoms with E-state index in [2.05, 4.69) is 5.32 Å². The van der Waals surface area contributed by atoms with Crippen LogP contribution in [0.2, 0.25) is 0 Å². The van der Waals surface area contributed by atoms with E-state index in [0.717, 1.165) is 6.42 Å². The highest BCUT2D eigenvalue weighted by Crippen LogP contribution is 2.53. The van der Waals surface area contributed by atoms with Gasteiger partial charge in [0.25, 0.3) is 0 Å². The van der Waals surface area contributed by atoms with Crippen LogP contribution in [0.4, 0.5) is 0 Å². The third kappa shape index (κ3) is 0.862. The third-order valence-corrected chi connectivity index (χ3v) is 2.82. The zero-order valence-corrected chi connectivity index (χ0v) is 6.08. The van der Waals surface area contributed by atoms with Gasteiger partial charge in [0.2, 0.25) is 0 Å². The molecule has 1 saturated heterocycles. The Bertz CT molecular complexity index is 202. The number of aliphatic hydroxyl groups excluding tert-OH is 1. The number of carbonyl (C=O) groups is 1. The summed E-state index contributed by atoms with van der Waals surface area (Å²) in [6.07, 6.45) is 1.52. The van der Waals surface area contributed by atoms with Crippen LogP contribution in [0, 0.1) is 5.41 Å². The zero-order valence-electron chi connectivity index (χ0n) is 6.08. The summed E-state index contributed by atoms with van der Waals surface area (Å²) in [5.41, 5.74) is -0.0803. The molecule has 0 spiro atoms. The number of fused-ring (bicyclic) bond motifs is 1. The van der Waals surface area contributed by atoms with Crippen LogP contribution in [0.1, 0.15) is 12.8 Å². The fourth-order valence-corrected chi connectivity index (χ4v) is 1.92. The summed E-state index contributed by atoms with van der Waals surface area (Å²) in [7, 11) is 0. The summed E-state index contributed by atoms with van der Waals surface area (Å²) in [5.74, 6) is -0.801. The Kier molecular flexibility index (Phi) is 1.25. The summed E-state index contributed by atoms with van der Waals surface area (Å²) in [5, 5.41) is 20.5. The van der Waals surface area contributed by atoms with Crippen LogP contribution in [-0.4, -0.2) is 34.9 Å².